The van der Waals surface area contributed by atoms with Crippen LogP contribution in [-0.4, -0.2) is 4.98 Å². The van der Waals surface area contributed by atoms with Crippen molar-refractivity contribution in [1.82, 2.24) is 4.98 Å². The second kappa shape index (κ2) is 3.54. The third-order valence-corrected chi connectivity index (χ3v) is 3.03. The smallest absolute Gasteiger partial charge is 0.150 e. The zero-order valence-electron chi connectivity index (χ0n) is 6.69. The molecule has 1 aromatic heterocycles. The Kier molecular flexibility index (Phi) is 2.52. The molecular weight excluding hydrogens is 247 g/mol. The maximum atomic E-state index is 13.3. The molecule has 0 aliphatic heterocycles. The first-order valence-corrected chi connectivity index (χ1v) is 4.83. The van der Waals surface area contributed by atoms with Crippen molar-refractivity contribution >= 4 is 45.7 Å². The van der Waals surface area contributed by atoms with Crippen LogP contribution in [0.4, 0.5) is 4.39 Å². The van der Waals surface area contributed by atoms with E-state index in [0.717, 1.165) is 0 Å². The predicted octanol–water partition coefficient (Wildman–Crippen LogP) is 4.33. The minimum atomic E-state index is -0.469. The molecule has 2 rings (SSSR count). The summed E-state index contributed by atoms with van der Waals surface area (Å²) >= 11 is 17.3. The maximum Gasteiger partial charge on any atom is 0.150 e. The number of para-hydroxylation sites is 1. The van der Waals surface area contributed by atoms with E-state index in [1.54, 1.807) is 6.07 Å². The molecule has 2 aromatic rings. The molecule has 1 nitrogen and oxygen atoms in total. The lowest BCUT2D eigenvalue weighted by Gasteiger charge is -2.04. The first kappa shape index (κ1) is 9.97. The number of aromatic nitrogens is 1. The van der Waals surface area contributed by atoms with Crippen LogP contribution >= 0.6 is 34.8 Å². The van der Waals surface area contributed by atoms with Crippen LogP contribution in [0.5, 0.6) is 0 Å². The Bertz CT molecular complexity index is 513. The van der Waals surface area contributed by atoms with Gasteiger partial charge in [-0.25, -0.2) is 9.37 Å². The van der Waals surface area contributed by atoms with Crippen LogP contribution in [-0.2, 0) is 0 Å². The zero-order valence-corrected chi connectivity index (χ0v) is 8.96. The number of hydrogen-bond acceptors (Lipinski definition) is 1. The van der Waals surface area contributed by atoms with Gasteiger partial charge in [0.2, 0.25) is 0 Å². The van der Waals surface area contributed by atoms with E-state index in [1.165, 1.54) is 12.1 Å². The highest BCUT2D eigenvalue weighted by atomic mass is 35.5. The van der Waals surface area contributed by atoms with Gasteiger partial charge in [0, 0.05) is 5.39 Å². The van der Waals surface area contributed by atoms with Gasteiger partial charge in [0.1, 0.15) is 16.5 Å². The van der Waals surface area contributed by atoms with E-state index in [-0.39, 0.29) is 20.7 Å². The van der Waals surface area contributed by atoms with Gasteiger partial charge < -0.3 is 0 Å². The summed E-state index contributed by atoms with van der Waals surface area (Å²) in [5, 5.41) is 0.836. The maximum absolute atomic E-state index is 13.3. The van der Waals surface area contributed by atoms with Gasteiger partial charge in [0.15, 0.2) is 0 Å². The standard InChI is InChI=1S/C9H3Cl3FN/c10-6-4-2-1-3-5(13)8(4)14-9(12)7(6)11/h1-3H. The fraction of sp³-hybridized carbons (Fsp3) is 0. The lowest BCUT2D eigenvalue weighted by molar-refractivity contribution is 0.637. The Morgan fingerprint density at radius 1 is 1.07 bits per heavy atom. The zero-order chi connectivity index (χ0) is 10.3. The molecule has 0 unspecified atom stereocenters. The van der Waals surface area contributed by atoms with Gasteiger partial charge in [0.05, 0.1) is 10.0 Å². The molecule has 0 bridgehead atoms. The summed E-state index contributed by atoms with van der Waals surface area (Å²) in [7, 11) is 0. The quantitative estimate of drug-likeness (QED) is 0.634. The van der Waals surface area contributed by atoms with Gasteiger partial charge >= 0.3 is 0 Å². The Morgan fingerprint density at radius 2 is 1.79 bits per heavy atom. The summed E-state index contributed by atoms with van der Waals surface area (Å²) in [5.74, 6) is -0.469. The molecule has 0 N–H and O–H groups in total. The van der Waals surface area contributed by atoms with Gasteiger partial charge in [-0.2, -0.15) is 0 Å². The first-order valence-electron chi connectivity index (χ1n) is 3.70. The third-order valence-electron chi connectivity index (χ3n) is 1.81. The van der Waals surface area contributed by atoms with Gasteiger partial charge in [0.25, 0.3) is 0 Å². The second-order valence-corrected chi connectivity index (χ2v) is 3.78. The second-order valence-electron chi connectivity index (χ2n) is 2.67. The Morgan fingerprint density at radius 3 is 2.50 bits per heavy atom. The van der Waals surface area contributed by atoms with Crippen molar-refractivity contribution in [1.29, 1.82) is 0 Å². The van der Waals surface area contributed by atoms with Crippen molar-refractivity contribution in [2.45, 2.75) is 0 Å². The minimum Gasteiger partial charge on any atom is -0.231 e. The van der Waals surface area contributed by atoms with Crippen molar-refractivity contribution in [3.05, 3.63) is 39.2 Å². The van der Waals surface area contributed by atoms with Crippen LogP contribution in [0.15, 0.2) is 18.2 Å². The molecule has 14 heavy (non-hydrogen) atoms. The van der Waals surface area contributed by atoms with Crippen molar-refractivity contribution < 1.29 is 4.39 Å². The SMILES string of the molecule is Fc1cccc2c(Cl)c(Cl)c(Cl)nc12. The molecule has 0 aliphatic carbocycles. The number of halogens is 4. The van der Waals surface area contributed by atoms with Crippen molar-refractivity contribution in [3.63, 3.8) is 0 Å². The number of rotatable bonds is 0. The van der Waals surface area contributed by atoms with Gasteiger partial charge in [-0.15, -0.1) is 0 Å². The van der Waals surface area contributed by atoms with Crippen LogP contribution in [0.1, 0.15) is 0 Å². The van der Waals surface area contributed by atoms with E-state index in [4.69, 9.17) is 34.8 Å². The van der Waals surface area contributed by atoms with Crippen LogP contribution in [0.3, 0.4) is 0 Å². The number of benzene rings is 1. The molecule has 0 radical (unpaired) electrons. The summed E-state index contributed by atoms with van der Waals surface area (Å²) in [6, 6.07) is 4.46. The number of nitrogens with zero attached hydrogens (tertiary/aromatic N) is 1. The van der Waals surface area contributed by atoms with Gasteiger partial charge in [-0.3, -0.25) is 0 Å². The molecule has 72 valence electrons. The fourth-order valence-corrected chi connectivity index (χ4v) is 1.78. The molecular formula is C9H3Cl3FN. The number of pyridine rings is 1. The van der Waals surface area contributed by atoms with Gasteiger partial charge in [-0.1, -0.05) is 46.9 Å². The molecule has 1 aromatic carbocycles. The van der Waals surface area contributed by atoms with Crippen LogP contribution in [0.2, 0.25) is 15.2 Å². The molecule has 0 spiro atoms. The van der Waals surface area contributed by atoms with Crippen molar-refractivity contribution in [2.24, 2.45) is 0 Å². The van der Waals surface area contributed by atoms with Crippen LogP contribution < -0.4 is 0 Å². The predicted molar refractivity (Wildman–Crippen MR) is 56.7 cm³/mol. The fourth-order valence-electron chi connectivity index (χ4n) is 1.16. The van der Waals surface area contributed by atoms with E-state index in [9.17, 15) is 4.39 Å². The van der Waals surface area contributed by atoms with E-state index in [1.807, 2.05) is 0 Å². The Balaban J connectivity index is 2.98. The highest BCUT2D eigenvalue weighted by Crippen LogP contribution is 2.35. The molecule has 0 saturated carbocycles. The van der Waals surface area contributed by atoms with Gasteiger partial charge in [-0.05, 0) is 6.07 Å². The Hall–Kier alpha value is -0.570. The monoisotopic (exact) mass is 249 g/mol. The van der Waals surface area contributed by atoms with E-state index >= 15 is 0 Å². The summed E-state index contributed by atoms with van der Waals surface area (Å²) in [5.41, 5.74) is 0.131. The lowest BCUT2D eigenvalue weighted by atomic mass is 10.2. The normalized spacial score (nSPS) is 10.9. The minimum absolute atomic E-state index is 0.00858. The molecule has 0 saturated heterocycles. The lowest BCUT2D eigenvalue weighted by Crippen LogP contribution is -1.87. The number of fused-ring (bicyclic) bond motifs is 1. The first-order chi connectivity index (χ1) is 6.61. The molecule has 0 fully saturated rings. The van der Waals surface area contributed by atoms with E-state index < -0.39 is 5.82 Å². The molecule has 1 heterocycles. The van der Waals surface area contributed by atoms with E-state index in [2.05, 4.69) is 4.98 Å². The summed E-state index contributed by atoms with van der Waals surface area (Å²) < 4.78 is 13.3. The third kappa shape index (κ3) is 1.44. The molecule has 0 atom stereocenters. The highest BCUT2D eigenvalue weighted by molar-refractivity contribution is 6.49. The highest BCUT2D eigenvalue weighted by Gasteiger charge is 2.12. The Labute approximate surface area is 94.4 Å². The summed E-state index contributed by atoms with van der Waals surface area (Å²) in [6.45, 7) is 0. The van der Waals surface area contributed by atoms with Crippen molar-refractivity contribution in [2.75, 3.05) is 0 Å². The van der Waals surface area contributed by atoms with Crippen LogP contribution in [0, 0.1) is 5.82 Å². The molecule has 0 amide bonds. The summed E-state index contributed by atoms with van der Waals surface area (Å²) in [6.07, 6.45) is 0. The molecule has 5 heteroatoms. The van der Waals surface area contributed by atoms with Crippen LogP contribution in [0.25, 0.3) is 10.9 Å². The average Bonchev–Trinajstić information content (AvgIpc) is 2.17. The van der Waals surface area contributed by atoms with E-state index in [0.29, 0.717) is 5.39 Å². The van der Waals surface area contributed by atoms with Crippen molar-refractivity contribution in [3.8, 4) is 0 Å². The number of hydrogen-bond donors (Lipinski definition) is 0. The summed E-state index contributed by atoms with van der Waals surface area (Å²) in [4.78, 5) is 3.81. The largest absolute Gasteiger partial charge is 0.231 e. The topological polar surface area (TPSA) is 12.9 Å². The molecule has 0 aliphatic rings. The average molecular weight is 250 g/mol.